The third-order valence-corrected chi connectivity index (χ3v) is 5.39. The molecule has 160 valence electrons. The summed E-state index contributed by atoms with van der Waals surface area (Å²) in [6.45, 7) is 5.70. The van der Waals surface area contributed by atoms with Gasteiger partial charge in [0.15, 0.2) is 5.72 Å². The van der Waals surface area contributed by atoms with Crippen molar-refractivity contribution in [3.05, 3.63) is 70.8 Å². The largest absolute Gasteiger partial charge is 0.450 e. The molecule has 8 heteroatoms. The molecule has 30 heavy (non-hydrogen) atoms. The van der Waals surface area contributed by atoms with Gasteiger partial charge < -0.3 is 15.7 Å². The molecule has 5 nitrogen and oxygen atoms in total. The van der Waals surface area contributed by atoms with Crippen molar-refractivity contribution in [2.75, 3.05) is 0 Å². The van der Waals surface area contributed by atoms with E-state index >= 15 is 0 Å². The van der Waals surface area contributed by atoms with Gasteiger partial charge in [0.2, 0.25) is 5.78 Å². The third-order valence-electron chi connectivity index (χ3n) is 5.39. The summed E-state index contributed by atoms with van der Waals surface area (Å²) in [5.74, 6) is -3.96. The number of carbonyl (C=O) groups is 2. The summed E-state index contributed by atoms with van der Waals surface area (Å²) in [4.78, 5) is 24.8. The number of rotatable bonds is 4. The first-order valence-electron chi connectivity index (χ1n) is 9.52. The molecule has 3 N–H and O–H groups in total. The number of hydrogen-bond acceptors (Lipinski definition) is 3. The van der Waals surface area contributed by atoms with Gasteiger partial charge in [0, 0.05) is 5.56 Å². The molecule has 0 aliphatic carbocycles. The van der Waals surface area contributed by atoms with Crippen molar-refractivity contribution in [3.8, 4) is 0 Å². The number of benzene rings is 2. The second-order valence-corrected chi connectivity index (χ2v) is 7.87. The summed E-state index contributed by atoms with van der Waals surface area (Å²) in [5, 5.41) is 15.8. The first-order chi connectivity index (χ1) is 13.9. The Hall–Kier alpha value is -2.87. The molecule has 0 spiro atoms. The smallest absolute Gasteiger partial charge is 0.366 e. The van der Waals surface area contributed by atoms with E-state index in [1.165, 1.54) is 12.1 Å². The van der Waals surface area contributed by atoms with Crippen molar-refractivity contribution in [1.82, 2.24) is 10.6 Å². The second kappa shape index (κ2) is 7.75. The molecule has 2 aromatic carbocycles. The fourth-order valence-electron chi connectivity index (χ4n) is 3.69. The number of alkyl halides is 3. The zero-order valence-corrected chi connectivity index (χ0v) is 16.7. The van der Waals surface area contributed by atoms with Crippen LogP contribution in [0.1, 0.15) is 48.1 Å². The van der Waals surface area contributed by atoms with E-state index < -0.39 is 35.7 Å². The lowest BCUT2D eigenvalue weighted by molar-refractivity contribution is -0.190. The number of hydrogen-bond donors (Lipinski definition) is 3. The molecular weight excluding hydrogens is 397 g/mol. The lowest BCUT2D eigenvalue weighted by Crippen LogP contribution is -2.66. The highest BCUT2D eigenvalue weighted by Crippen LogP contribution is 2.43. The number of aryl methyl sites for hydroxylation is 1. The van der Waals surface area contributed by atoms with Crippen LogP contribution in [0.4, 0.5) is 18.0 Å². The fourth-order valence-corrected chi connectivity index (χ4v) is 3.69. The van der Waals surface area contributed by atoms with Crippen LogP contribution in [0.25, 0.3) is 0 Å². The number of ketones is 1. The zero-order valence-electron chi connectivity index (χ0n) is 16.7. The highest BCUT2D eigenvalue weighted by Gasteiger charge is 2.59. The van der Waals surface area contributed by atoms with Crippen LogP contribution in [0.5, 0.6) is 0 Å². The van der Waals surface area contributed by atoms with Gasteiger partial charge in [-0.2, -0.15) is 13.2 Å². The average Bonchev–Trinajstić information content (AvgIpc) is 2.66. The van der Waals surface area contributed by atoms with Gasteiger partial charge in [-0.25, -0.2) is 4.79 Å². The first-order valence-corrected chi connectivity index (χ1v) is 9.52. The lowest BCUT2D eigenvalue weighted by atomic mass is 9.76. The van der Waals surface area contributed by atoms with Crippen molar-refractivity contribution in [3.63, 3.8) is 0 Å². The van der Waals surface area contributed by atoms with Gasteiger partial charge in [0.1, 0.15) is 5.92 Å². The summed E-state index contributed by atoms with van der Waals surface area (Å²) in [7, 11) is 0. The number of carbonyl (C=O) groups excluding carboxylic acids is 2. The molecule has 0 radical (unpaired) electrons. The topological polar surface area (TPSA) is 78.4 Å². The maximum absolute atomic E-state index is 13.5. The van der Waals surface area contributed by atoms with Crippen LogP contribution in [0, 0.1) is 12.8 Å². The van der Waals surface area contributed by atoms with E-state index in [4.69, 9.17) is 0 Å². The van der Waals surface area contributed by atoms with E-state index in [-0.39, 0.29) is 11.5 Å². The summed E-state index contributed by atoms with van der Waals surface area (Å²) >= 11 is 0. The van der Waals surface area contributed by atoms with Crippen LogP contribution in [-0.2, 0) is 10.5 Å². The Morgan fingerprint density at radius 1 is 1.07 bits per heavy atom. The Bertz CT molecular complexity index is 940. The molecule has 1 heterocycles. The van der Waals surface area contributed by atoms with Gasteiger partial charge in [0.25, 0.3) is 0 Å². The number of amides is 2. The predicted molar refractivity (Wildman–Crippen MR) is 105 cm³/mol. The molecule has 2 aromatic rings. The molecule has 3 rings (SSSR count). The molecule has 0 aromatic heterocycles. The van der Waals surface area contributed by atoms with E-state index in [0.717, 1.165) is 11.1 Å². The minimum absolute atomic E-state index is 0.00523. The van der Waals surface area contributed by atoms with Gasteiger partial charge in [-0.15, -0.1) is 0 Å². The number of nitrogens with one attached hydrogen (secondary N) is 2. The Morgan fingerprint density at radius 3 is 2.13 bits per heavy atom. The molecule has 0 saturated carbocycles. The minimum Gasteiger partial charge on any atom is -0.366 e. The van der Waals surface area contributed by atoms with E-state index in [9.17, 15) is 27.9 Å². The predicted octanol–water partition coefficient (Wildman–Crippen LogP) is 4.07. The number of aliphatic hydroxyl groups is 1. The first kappa shape index (κ1) is 21.8. The highest BCUT2D eigenvalue weighted by molar-refractivity contribution is 5.91. The quantitative estimate of drug-likeness (QED) is 0.698. The van der Waals surface area contributed by atoms with E-state index in [1.807, 2.05) is 13.8 Å². The summed E-state index contributed by atoms with van der Waals surface area (Å²) < 4.78 is 40.5. The molecule has 3 unspecified atom stereocenters. The van der Waals surface area contributed by atoms with E-state index in [2.05, 4.69) is 10.6 Å². The van der Waals surface area contributed by atoms with Gasteiger partial charge in [0.05, 0.1) is 6.04 Å². The zero-order chi connectivity index (χ0) is 22.3. The summed E-state index contributed by atoms with van der Waals surface area (Å²) in [6.07, 6.45) is -5.21. The van der Waals surface area contributed by atoms with Gasteiger partial charge in [-0.1, -0.05) is 67.9 Å². The molecular formula is C22H23F3N2O3. The Morgan fingerprint density at radius 2 is 1.63 bits per heavy atom. The van der Waals surface area contributed by atoms with Crippen LogP contribution in [0.3, 0.4) is 0 Å². The van der Waals surface area contributed by atoms with Crippen LogP contribution in [0.2, 0.25) is 0 Å². The van der Waals surface area contributed by atoms with Crippen molar-refractivity contribution in [1.29, 1.82) is 0 Å². The highest BCUT2D eigenvalue weighted by atomic mass is 19.4. The Kier molecular flexibility index (Phi) is 5.64. The molecule has 1 aliphatic heterocycles. The molecule has 1 aliphatic rings. The van der Waals surface area contributed by atoms with Crippen molar-refractivity contribution in [2.24, 2.45) is 5.92 Å². The number of urea groups is 1. The van der Waals surface area contributed by atoms with Crippen molar-refractivity contribution in [2.45, 2.75) is 44.6 Å². The maximum atomic E-state index is 13.5. The van der Waals surface area contributed by atoms with Gasteiger partial charge in [-0.3, -0.25) is 4.79 Å². The molecule has 0 bridgehead atoms. The summed E-state index contributed by atoms with van der Waals surface area (Å²) in [5.41, 5.74) is -0.491. The van der Waals surface area contributed by atoms with E-state index in [1.54, 1.807) is 43.3 Å². The van der Waals surface area contributed by atoms with Crippen LogP contribution < -0.4 is 10.6 Å². The normalized spacial score (nSPS) is 24.3. The Balaban J connectivity index is 2.15. The average molecular weight is 420 g/mol. The number of Topliss-reactive ketones (excluding diaryl/α,β-unsaturated/α-hetero) is 1. The van der Waals surface area contributed by atoms with Gasteiger partial charge in [-0.05, 0) is 24.0 Å². The standard InChI is InChI=1S/C22H23F3N2O3/c1-12(2)14-6-8-15(9-7-14)18-17(19(28)22(23,24)25)21(30,27-20(29)26-18)16-10-4-13(3)5-11-16/h4-12,17-18,30H,1-3H3,(H2,26,27,29). The number of halogens is 3. The lowest BCUT2D eigenvalue weighted by Gasteiger charge is -2.45. The maximum Gasteiger partial charge on any atom is 0.450 e. The van der Waals surface area contributed by atoms with Gasteiger partial charge >= 0.3 is 12.2 Å². The van der Waals surface area contributed by atoms with Crippen LogP contribution >= 0.6 is 0 Å². The fraction of sp³-hybridized carbons (Fsp3) is 0.364. The van der Waals surface area contributed by atoms with Crippen LogP contribution in [-0.4, -0.2) is 23.1 Å². The van der Waals surface area contributed by atoms with Crippen molar-refractivity contribution < 1.29 is 27.9 Å². The minimum atomic E-state index is -5.21. The monoisotopic (exact) mass is 420 g/mol. The van der Waals surface area contributed by atoms with E-state index in [0.29, 0.717) is 5.56 Å². The Labute approximate surface area is 172 Å². The second-order valence-electron chi connectivity index (χ2n) is 7.87. The molecule has 2 amide bonds. The summed E-state index contributed by atoms with van der Waals surface area (Å²) in [6, 6.07) is 10.3. The third kappa shape index (κ3) is 4.05. The molecule has 1 saturated heterocycles. The SMILES string of the molecule is Cc1ccc(C2(O)NC(=O)NC(c3ccc(C(C)C)cc3)C2C(=O)C(F)(F)F)cc1. The molecule has 1 fully saturated rings. The van der Waals surface area contributed by atoms with Crippen molar-refractivity contribution >= 4 is 11.8 Å². The molecule has 3 atom stereocenters. The van der Waals surface area contributed by atoms with Crippen LogP contribution in [0.15, 0.2) is 48.5 Å².